The van der Waals surface area contributed by atoms with Crippen molar-refractivity contribution in [2.75, 3.05) is 0 Å². The average molecular weight is 366 g/mol. The van der Waals surface area contributed by atoms with E-state index >= 15 is 0 Å². The fourth-order valence-electron chi connectivity index (χ4n) is 2.61. The van der Waals surface area contributed by atoms with Gasteiger partial charge >= 0.3 is 0 Å². The Kier molecular flexibility index (Phi) is 4.42. The van der Waals surface area contributed by atoms with Gasteiger partial charge < -0.3 is 5.32 Å². The van der Waals surface area contributed by atoms with Gasteiger partial charge in [-0.05, 0) is 44.3 Å². The Labute approximate surface area is 147 Å². The SMILES string of the molecule is CC(C)NC(=O)CCn1c(=O)c2cc(Cl)ccc2n2c(=S)[nH]nc12. The van der Waals surface area contributed by atoms with Gasteiger partial charge in [0.05, 0.1) is 10.9 Å². The normalized spacial score (nSPS) is 11.5. The Morgan fingerprint density at radius 2 is 2.21 bits per heavy atom. The highest BCUT2D eigenvalue weighted by Crippen LogP contribution is 2.18. The second-order valence-electron chi connectivity index (χ2n) is 5.75. The summed E-state index contributed by atoms with van der Waals surface area (Å²) in [7, 11) is 0. The number of fused-ring (bicyclic) bond motifs is 3. The number of H-pyrrole nitrogens is 1. The molecule has 126 valence electrons. The summed E-state index contributed by atoms with van der Waals surface area (Å²) in [6, 6.07) is 5.06. The van der Waals surface area contributed by atoms with Gasteiger partial charge in [0.15, 0.2) is 0 Å². The first kappa shape index (κ1) is 16.7. The molecular weight excluding hydrogens is 350 g/mol. The highest BCUT2D eigenvalue weighted by Gasteiger charge is 2.15. The van der Waals surface area contributed by atoms with Crippen molar-refractivity contribution >= 4 is 46.4 Å². The van der Waals surface area contributed by atoms with Gasteiger partial charge in [-0.3, -0.25) is 18.6 Å². The van der Waals surface area contributed by atoms with Crippen molar-refractivity contribution in [3.05, 3.63) is 38.3 Å². The van der Waals surface area contributed by atoms with E-state index in [4.69, 9.17) is 23.8 Å². The van der Waals surface area contributed by atoms with Crippen molar-refractivity contribution in [1.29, 1.82) is 0 Å². The lowest BCUT2D eigenvalue weighted by Gasteiger charge is -2.11. The molecule has 0 atom stereocenters. The number of aromatic nitrogens is 4. The maximum absolute atomic E-state index is 12.8. The second-order valence-corrected chi connectivity index (χ2v) is 6.58. The number of rotatable bonds is 4. The van der Waals surface area contributed by atoms with Gasteiger partial charge in [-0.25, -0.2) is 5.10 Å². The number of carbonyl (C=O) groups is 1. The standard InChI is InChI=1S/C15H16ClN5O2S/c1-8(2)17-12(22)5-6-20-13(23)10-7-9(16)3-4-11(10)21-14(20)18-19-15(21)24/h3-4,7-8H,5-6H2,1-2H3,(H,17,22)(H,19,24). The molecule has 1 aromatic carbocycles. The zero-order valence-electron chi connectivity index (χ0n) is 13.2. The summed E-state index contributed by atoms with van der Waals surface area (Å²) < 4.78 is 3.48. The average Bonchev–Trinajstić information content (AvgIpc) is 2.88. The van der Waals surface area contributed by atoms with Gasteiger partial charge in [-0.2, -0.15) is 0 Å². The van der Waals surface area contributed by atoms with E-state index in [1.807, 2.05) is 13.8 Å². The summed E-state index contributed by atoms with van der Waals surface area (Å²) >= 11 is 11.3. The lowest BCUT2D eigenvalue weighted by atomic mass is 10.2. The molecule has 3 rings (SSSR count). The number of aromatic amines is 1. The molecule has 9 heteroatoms. The van der Waals surface area contributed by atoms with Crippen LogP contribution in [0, 0.1) is 4.77 Å². The first-order valence-electron chi connectivity index (χ1n) is 7.47. The monoisotopic (exact) mass is 365 g/mol. The number of nitrogens with one attached hydrogen (secondary N) is 2. The molecule has 0 spiro atoms. The fourth-order valence-corrected chi connectivity index (χ4v) is 3.00. The number of nitrogens with zero attached hydrogens (tertiary/aromatic N) is 3. The molecule has 3 aromatic rings. The van der Waals surface area contributed by atoms with Crippen LogP contribution in [0.1, 0.15) is 20.3 Å². The molecule has 7 nitrogen and oxygen atoms in total. The summed E-state index contributed by atoms with van der Waals surface area (Å²) in [5, 5.41) is 10.5. The van der Waals surface area contributed by atoms with Crippen molar-refractivity contribution in [2.45, 2.75) is 32.9 Å². The molecule has 0 saturated heterocycles. The van der Waals surface area contributed by atoms with Crippen LogP contribution in [0.3, 0.4) is 0 Å². The molecule has 0 unspecified atom stereocenters. The highest BCUT2D eigenvalue weighted by atomic mass is 35.5. The molecular formula is C15H16ClN5O2S. The van der Waals surface area contributed by atoms with Crippen LogP contribution >= 0.6 is 23.8 Å². The van der Waals surface area contributed by atoms with E-state index in [0.717, 1.165) is 0 Å². The maximum atomic E-state index is 12.8. The Bertz CT molecular complexity index is 1050. The first-order chi connectivity index (χ1) is 11.4. The van der Waals surface area contributed by atoms with Crippen LogP contribution in [0.4, 0.5) is 0 Å². The molecule has 0 fully saturated rings. The van der Waals surface area contributed by atoms with Gasteiger partial charge in [0.2, 0.25) is 16.5 Å². The van der Waals surface area contributed by atoms with Gasteiger partial charge in [-0.15, -0.1) is 5.10 Å². The van der Waals surface area contributed by atoms with Crippen LogP contribution in [0.25, 0.3) is 16.7 Å². The van der Waals surface area contributed by atoms with E-state index in [1.54, 1.807) is 22.6 Å². The number of hydrogen-bond acceptors (Lipinski definition) is 4. The predicted octanol–water partition coefficient (Wildman–Crippen LogP) is 2.27. The molecule has 0 saturated carbocycles. The highest BCUT2D eigenvalue weighted by molar-refractivity contribution is 7.71. The topological polar surface area (TPSA) is 84.2 Å². The molecule has 0 aliphatic carbocycles. The summed E-state index contributed by atoms with van der Waals surface area (Å²) in [6.45, 7) is 3.96. The van der Waals surface area contributed by atoms with E-state index in [9.17, 15) is 9.59 Å². The van der Waals surface area contributed by atoms with Crippen LogP contribution in [0.2, 0.25) is 5.02 Å². The molecule has 2 N–H and O–H groups in total. The largest absolute Gasteiger partial charge is 0.354 e. The molecule has 0 aliphatic heterocycles. The van der Waals surface area contributed by atoms with Gasteiger partial charge in [0.25, 0.3) is 5.56 Å². The summed E-state index contributed by atoms with van der Waals surface area (Å²) in [4.78, 5) is 24.7. The van der Waals surface area contributed by atoms with Crippen molar-refractivity contribution in [3.63, 3.8) is 0 Å². The fraction of sp³-hybridized carbons (Fsp3) is 0.333. The van der Waals surface area contributed by atoms with Crippen molar-refractivity contribution in [2.24, 2.45) is 0 Å². The number of aryl methyl sites for hydroxylation is 1. The molecule has 24 heavy (non-hydrogen) atoms. The molecule has 0 radical (unpaired) electrons. The lowest BCUT2D eigenvalue weighted by Crippen LogP contribution is -2.32. The predicted molar refractivity (Wildman–Crippen MR) is 95.0 cm³/mol. The van der Waals surface area contributed by atoms with Crippen molar-refractivity contribution < 1.29 is 4.79 Å². The Morgan fingerprint density at radius 1 is 1.46 bits per heavy atom. The quantitative estimate of drug-likeness (QED) is 0.695. The smallest absolute Gasteiger partial charge is 0.262 e. The third-order valence-electron chi connectivity index (χ3n) is 3.58. The number of halogens is 1. The molecule has 0 aliphatic rings. The molecule has 0 bridgehead atoms. The van der Waals surface area contributed by atoms with Gasteiger partial charge in [0.1, 0.15) is 0 Å². The van der Waals surface area contributed by atoms with Crippen LogP contribution < -0.4 is 10.9 Å². The van der Waals surface area contributed by atoms with Gasteiger partial charge in [0, 0.05) is 24.0 Å². The third kappa shape index (κ3) is 2.94. The van der Waals surface area contributed by atoms with Crippen LogP contribution in [0.5, 0.6) is 0 Å². The first-order valence-corrected chi connectivity index (χ1v) is 8.25. The third-order valence-corrected chi connectivity index (χ3v) is 4.09. The Hall–Kier alpha value is -2.19. The van der Waals surface area contributed by atoms with Crippen LogP contribution in [0.15, 0.2) is 23.0 Å². The summed E-state index contributed by atoms with van der Waals surface area (Å²) in [5.41, 5.74) is 0.368. The van der Waals surface area contributed by atoms with E-state index in [0.29, 0.717) is 26.5 Å². The summed E-state index contributed by atoms with van der Waals surface area (Å²) in [6.07, 6.45) is 0.166. The van der Waals surface area contributed by atoms with E-state index in [2.05, 4.69) is 15.5 Å². The zero-order valence-corrected chi connectivity index (χ0v) is 14.7. The minimum atomic E-state index is -0.258. The number of benzene rings is 1. The Balaban J connectivity index is 2.15. The second kappa shape index (κ2) is 6.37. The minimum absolute atomic E-state index is 0.0450. The molecule has 2 heterocycles. The summed E-state index contributed by atoms with van der Waals surface area (Å²) in [5.74, 6) is 0.243. The zero-order chi connectivity index (χ0) is 17.4. The number of amides is 1. The maximum Gasteiger partial charge on any atom is 0.262 e. The molecule has 1 amide bonds. The minimum Gasteiger partial charge on any atom is -0.354 e. The van der Waals surface area contributed by atoms with Crippen molar-refractivity contribution in [3.8, 4) is 0 Å². The van der Waals surface area contributed by atoms with E-state index in [1.165, 1.54) is 4.57 Å². The van der Waals surface area contributed by atoms with Crippen molar-refractivity contribution in [1.82, 2.24) is 24.5 Å². The van der Waals surface area contributed by atoms with E-state index < -0.39 is 0 Å². The van der Waals surface area contributed by atoms with Crippen LogP contribution in [-0.4, -0.2) is 31.1 Å². The number of carbonyl (C=O) groups excluding carboxylic acids is 1. The van der Waals surface area contributed by atoms with Gasteiger partial charge in [-0.1, -0.05) is 11.6 Å². The Morgan fingerprint density at radius 3 is 2.92 bits per heavy atom. The van der Waals surface area contributed by atoms with E-state index in [-0.39, 0.29) is 30.5 Å². The number of hydrogen-bond donors (Lipinski definition) is 2. The molecule has 2 aromatic heterocycles. The van der Waals surface area contributed by atoms with Crippen LogP contribution in [-0.2, 0) is 11.3 Å². The lowest BCUT2D eigenvalue weighted by molar-refractivity contribution is -0.121.